The molecule has 0 spiro atoms. The van der Waals surface area contributed by atoms with Crippen molar-refractivity contribution in [2.24, 2.45) is 5.92 Å². The van der Waals surface area contributed by atoms with Gasteiger partial charge in [-0.3, -0.25) is 4.90 Å². The van der Waals surface area contributed by atoms with E-state index in [-0.39, 0.29) is 0 Å². The lowest BCUT2D eigenvalue weighted by atomic mass is 9.90. The molecule has 2 heteroatoms. The fourth-order valence-corrected chi connectivity index (χ4v) is 3.46. The largest absolute Gasteiger partial charge is 0.398 e. The highest BCUT2D eigenvalue weighted by Gasteiger charge is 2.20. The van der Waals surface area contributed by atoms with Gasteiger partial charge in [0.05, 0.1) is 0 Å². The van der Waals surface area contributed by atoms with Gasteiger partial charge in [0.1, 0.15) is 0 Å². The molecule has 0 unspecified atom stereocenters. The van der Waals surface area contributed by atoms with Crippen LogP contribution in [0.5, 0.6) is 0 Å². The lowest BCUT2D eigenvalue weighted by molar-refractivity contribution is 0.177. The van der Waals surface area contributed by atoms with Gasteiger partial charge in [-0.15, -0.1) is 0 Å². The average molecular weight is 294 g/mol. The molecule has 2 nitrogen and oxygen atoms in total. The second-order valence-corrected chi connectivity index (χ2v) is 6.55. The number of nitrogens with two attached hydrogens (primary N) is 1. The Morgan fingerprint density at radius 2 is 1.73 bits per heavy atom. The summed E-state index contributed by atoms with van der Waals surface area (Å²) in [4.78, 5) is 2.56. The molecule has 0 amide bonds. The molecular formula is C20H26N2. The Hall–Kier alpha value is -1.80. The van der Waals surface area contributed by atoms with Gasteiger partial charge in [-0.05, 0) is 68.0 Å². The van der Waals surface area contributed by atoms with E-state index < -0.39 is 0 Å². The van der Waals surface area contributed by atoms with E-state index in [0.717, 1.165) is 18.2 Å². The molecule has 1 heterocycles. The predicted molar refractivity (Wildman–Crippen MR) is 93.7 cm³/mol. The zero-order valence-corrected chi connectivity index (χ0v) is 13.5. The molecule has 1 saturated heterocycles. The maximum Gasteiger partial charge on any atom is 0.0362 e. The van der Waals surface area contributed by atoms with E-state index in [1.54, 1.807) is 0 Å². The van der Waals surface area contributed by atoms with Crippen LogP contribution in [0.2, 0.25) is 0 Å². The van der Waals surface area contributed by atoms with Crippen LogP contribution in [0, 0.1) is 12.8 Å². The molecule has 1 aliphatic rings. The highest BCUT2D eigenvalue weighted by Crippen LogP contribution is 2.25. The summed E-state index contributed by atoms with van der Waals surface area (Å²) < 4.78 is 0. The van der Waals surface area contributed by atoms with E-state index in [9.17, 15) is 0 Å². The van der Waals surface area contributed by atoms with Crippen molar-refractivity contribution in [2.75, 3.05) is 18.8 Å². The maximum absolute atomic E-state index is 6.14. The molecule has 0 radical (unpaired) electrons. The smallest absolute Gasteiger partial charge is 0.0362 e. The Morgan fingerprint density at radius 1 is 1.00 bits per heavy atom. The number of piperidine rings is 1. The Bertz CT molecular complexity index is 578. The summed E-state index contributed by atoms with van der Waals surface area (Å²) in [5, 5.41) is 0. The highest BCUT2D eigenvalue weighted by molar-refractivity contribution is 5.50. The Balaban J connectivity index is 1.54. The molecule has 1 aliphatic heterocycles. The summed E-state index contributed by atoms with van der Waals surface area (Å²) in [6, 6.07) is 17.1. The van der Waals surface area contributed by atoms with Gasteiger partial charge < -0.3 is 5.73 Å². The lowest BCUT2D eigenvalue weighted by Crippen LogP contribution is -2.34. The summed E-state index contributed by atoms with van der Waals surface area (Å²) in [7, 11) is 0. The number of nitrogens with zero attached hydrogens (tertiary/aromatic N) is 1. The van der Waals surface area contributed by atoms with Crippen molar-refractivity contribution in [3.8, 4) is 0 Å². The van der Waals surface area contributed by atoms with Crippen molar-refractivity contribution < 1.29 is 0 Å². The predicted octanol–water partition coefficient (Wildman–Crippen LogP) is 4.03. The number of hydrogen-bond donors (Lipinski definition) is 1. The first kappa shape index (κ1) is 15.1. The molecule has 2 aromatic carbocycles. The first-order valence-corrected chi connectivity index (χ1v) is 8.32. The summed E-state index contributed by atoms with van der Waals surface area (Å²) in [6.07, 6.45) is 3.81. The summed E-state index contributed by atoms with van der Waals surface area (Å²) >= 11 is 0. The first-order valence-electron chi connectivity index (χ1n) is 8.32. The Morgan fingerprint density at radius 3 is 2.41 bits per heavy atom. The number of aryl methyl sites for hydroxylation is 1. The lowest BCUT2D eigenvalue weighted by Gasteiger charge is -2.32. The molecule has 0 bridgehead atoms. The molecule has 0 atom stereocenters. The van der Waals surface area contributed by atoms with Gasteiger partial charge in [0.2, 0.25) is 0 Å². The van der Waals surface area contributed by atoms with Gasteiger partial charge in [0.15, 0.2) is 0 Å². The molecule has 2 N–H and O–H groups in total. The number of hydrogen-bond acceptors (Lipinski definition) is 2. The Labute approximate surface area is 134 Å². The van der Waals surface area contributed by atoms with Crippen molar-refractivity contribution >= 4 is 5.69 Å². The third-order valence-corrected chi connectivity index (χ3v) is 4.90. The van der Waals surface area contributed by atoms with Crippen LogP contribution in [0.25, 0.3) is 0 Å². The molecule has 0 aromatic heterocycles. The van der Waals surface area contributed by atoms with Crippen molar-refractivity contribution in [2.45, 2.75) is 32.7 Å². The number of anilines is 1. The zero-order chi connectivity index (χ0) is 15.4. The van der Waals surface area contributed by atoms with E-state index in [1.165, 1.54) is 49.0 Å². The molecule has 1 fully saturated rings. The number of benzene rings is 2. The van der Waals surface area contributed by atoms with Crippen LogP contribution < -0.4 is 5.73 Å². The van der Waals surface area contributed by atoms with Crippen LogP contribution in [-0.4, -0.2) is 18.0 Å². The van der Waals surface area contributed by atoms with Gasteiger partial charge in [-0.1, -0.05) is 42.5 Å². The van der Waals surface area contributed by atoms with E-state index in [2.05, 4.69) is 48.2 Å². The monoisotopic (exact) mass is 294 g/mol. The summed E-state index contributed by atoms with van der Waals surface area (Å²) in [5.41, 5.74) is 11.2. The van der Waals surface area contributed by atoms with Crippen LogP contribution in [0.3, 0.4) is 0 Å². The maximum atomic E-state index is 6.14. The highest BCUT2D eigenvalue weighted by atomic mass is 15.1. The second-order valence-electron chi connectivity index (χ2n) is 6.55. The molecule has 0 aliphatic carbocycles. The zero-order valence-electron chi connectivity index (χ0n) is 13.5. The van der Waals surface area contributed by atoms with E-state index in [1.807, 2.05) is 12.1 Å². The van der Waals surface area contributed by atoms with Gasteiger partial charge in [0, 0.05) is 12.2 Å². The first-order chi connectivity index (χ1) is 10.7. The minimum absolute atomic E-state index is 0.827. The normalized spacial score (nSPS) is 16.8. The molecule has 116 valence electrons. The fraction of sp³-hybridized carbons (Fsp3) is 0.400. The molecule has 0 saturated carbocycles. The molecule has 22 heavy (non-hydrogen) atoms. The minimum atomic E-state index is 0.827. The van der Waals surface area contributed by atoms with Gasteiger partial charge in [0.25, 0.3) is 0 Å². The molecule has 3 rings (SSSR count). The minimum Gasteiger partial charge on any atom is -0.398 e. The molecule has 2 aromatic rings. The third-order valence-electron chi connectivity index (χ3n) is 4.90. The second kappa shape index (κ2) is 6.97. The molecular weight excluding hydrogens is 268 g/mol. The topological polar surface area (TPSA) is 29.3 Å². The fourth-order valence-electron chi connectivity index (χ4n) is 3.46. The quantitative estimate of drug-likeness (QED) is 0.863. The summed E-state index contributed by atoms with van der Waals surface area (Å²) in [5.74, 6) is 0.827. The average Bonchev–Trinajstić information content (AvgIpc) is 2.54. The van der Waals surface area contributed by atoms with Crippen molar-refractivity contribution in [3.63, 3.8) is 0 Å². The third kappa shape index (κ3) is 3.69. The van der Waals surface area contributed by atoms with Crippen molar-refractivity contribution in [1.29, 1.82) is 0 Å². The standard InChI is InChI=1S/C20H26N2/c1-16-6-5-9-20(21)19(16)15-22-12-10-18(11-13-22)14-17-7-3-2-4-8-17/h2-9,18H,10-15,21H2,1H3. The van der Waals surface area contributed by atoms with Gasteiger partial charge >= 0.3 is 0 Å². The van der Waals surface area contributed by atoms with E-state index in [0.29, 0.717) is 0 Å². The number of likely N-dealkylation sites (tertiary alicyclic amines) is 1. The number of rotatable bonds is 4. The van der Waals surface area contributed by atoms with Gasteiger partial charge in [-0.25, -0.2) is 0 Å². The van der Waals surface area contributed by atoms with Crippen LogP contribution in [0.4, 0.5) is 5.69 Å². The van der Waals surface area contributed by atoms with Crippen molar-refractivity contribution in [3.05, 3.63) is 65.2 Å². The SMILES string of the molecule is Cc1cccc(N)c1CN1CCC(Cc2ccccc2)CC1. The van der Waals surface area contributed by atoms with Gasteiger partial charge in [-0.2, -0.15) is 0 Å². The van der Waals surface area contributed by atoms with Crippen LogP contribution in [0.15, 0.2) is 48.5 Å². The summed E-state index contributed by atoms with van der Waals surface area (Å²) in [6.45, 7) is 5.53. The van der Waals surface area contributed by atoms with Crippen LogP contribution in [0.1, 0.15) is 29.5 Å². The Kier molecular flexibility index (Phi) is 4.79. The van der Waals surface area contributed by atoms with E-state index >= 15 is 0 Å². The van der Waals surface area contributed by atoms with Crippen LogP contribution in [-0.2, 0) is 13.0 Å². The van der Waals surface area contributed by atoms with Crippen molar-refractivity contribution in [1.82, 2.24) is 4.90 Å². The number of nitrogen functional groups attached to an aromatic ring is 1. The van der Waals surface area contributed by atoms with E-state index in [4.69, 9.17) is 5.73 Å². The van der Waals surface area contributed by atoms with Crippen LogP contribution >= 0.6 is 0 Å².